The van der Waals surface area contributed by atoms with E-state index in [0.717, 1.165) is 54.2 Å². The average Bonchev–Trinajstić information content (AvgIpc) is 3.21. The van der Waals surface area contributed by atoms with Gasteiger partial charge >= 0.3 is 0 Å². The van der Waals surface area contributed by atoms with Gasteiger partial charge in [-0.3, -0.25) is 9.69 Å². The lowest BCUT2D eigenvalue weighted by Crippen LogP contribution is -2.55. The Hall–Kier alpha value is -3.00. The number of rotatable bonds is 4. The fraction of sp³-hybridized carbons (Fsp3) is 0.429. The van der Waals surface area contributed by atoms with Crippen LogP contribution >= 0.6 is 0 Å². The van der Waals surface area contributed by atoms with E-state index in [-0.39, 0.29) is 5.91 Å². The van der Waals surface area contributed by atoms with Gasteiger partial charge in [0.1, 0.15) is 6.33 Å². The van der Waals surface area contributed by atoms with Crippen molar-refractivity contribution in [2.75, 3.05) is 29.9 Å². The largest absolute Gasteiger partial charge is 0.346 e. The van der Waals surface area contributed by atoms with Crippen LogP contribution < -0.4 is 10.2 Å². The molecule has 8 heteroatoms. The fourth-order valence-corrected chi connectivity index (χ4v) is 4.69. The Kier molecular flexibility index (Phi) is 4.43. The zero-order valence-corrected chi connectivity index (χ0v) is 16.7. The number of hydrogen-bond acceptors (Lipinski definition) is 6. The van der Waals surface area contributed by atoms with Gasteiger partial charge in [-0.15, -0.1) is 0 Å². The van der Waals surface area contributed by atoms with Crippen molar-refractivity contribution in [2.24, 2.45) is 7.05 Å². The molecule has 2 fully saturated rings. The van der Waals surface area contributed by atoms with Crippen LogP contribution in [0.25, 0.3) is 11.2 Å². The highest BCUT2D eigenvalue weighted by atomic mass is 16.2. The van der Waals surface area contributed by atoms with Crippen molar-refractivity contribution < 1.29 is 4.79 Å². The van der Waals surface area contributed by atoms with Gasteiger partial charge in [-0.05, 0) is 31.4 Å². The Morgan fingerprint density at radius 1 is 1.14 bits per heavy atom. The third-order valence-corrected chi connectivity index (χ3v) is 6.07. The molecule has 0 spiro atoms. The molecule has 2 atom stereocenters. The fourth-order valence-electron chi connectivity index (χ4n) is 4.69. The predicted molar refractivity (Wildman–Crippen MR) is 112 cm³/mol. The first-order valence-electron chi connectivity index (χ1n) is 10.1. The molecule has 2 aliphatic rings. The third kappa shape index (κ3) is 3.23. The second-order valence-corrected chi connectivity index (χ2v) is 8.07. The topological polar surface area (TPSA) is 79.2 Å². The molecule has 0 saturated carbocycles. The maximum atomic E-state index is 12.6. The molecule has 1 aromatic carbocycles. The summed E-state index contributed by atoms with van der Waals surface area (Å²) in [6.45, 7) is 4.14. The quantitative estimate of drug-likeness (QED) is 0.733. The molecule has 3 aromatic rings. The molecule has 2 saturated heterocycles. The molecule has 0 aliphatic carbocycles. The molecule has 2 bridgehead atoms. The monoisotopic (exact) mass is 391 g/mol. The van der Waals surface area contributed by atoms with Crippen LogP contribution in [0, 0.1) is 6.92 Å². The zero-order chi connectivity index (χ0) is 20.0. The number of aromatic nitrogens is 4. The van der Waals surface area contributed by atoms with Crippen LogP contribution in [-0.4, -0.2) is 62.0 Å². The van der Waals surface area contributed by atoms with Gasteiger partial charge in [-0.1, -0.05) is 18.2 Å². The Morgan fingerprint density at radius 3 is 2.66 bits per heavy atom. The van der Waals surface area contributed by atoms with Crippen molar-refractivity contribution >= 4 is 28.6 Å². The highest BCUT2D eigenvalue weighted by Crippen LogP contribution is 2.36. The number of carbonyl (C=O) groups is 1. The molecule has 150 valence electrons. The van der Waals surface area contributed by atoms with Crippen LogP contribution in [0.3, 0.4) is 0 Å². The van der Waals surface area contributed by atoms with Crippen LogP contribution in [0.4, 0.5) is 11.5 Å². The maximum Gasteiger partial charge on any atom is 0.238 e. The van der Waals surface area contributed by atoms with Crippen molar-refractivity contribution in [2.45, 2.75) is 31.8 Å². The van der Waals surface area contributed by atoms with E-state index in [1.54, 1.807) is 12.7 Å². The molecule has 8 nitrogen and oxygen atoms in total. The number of likely N-dealkylation sites (tertiary alicyclic amines) is 1. The van der Waals surface area contributed by atoms with Crippen LogP contribution in [0.2, 0.25) is 0 Å². The van der Waals surface area contributed by atoms with Crippen molar-refractivity contribution in [3.05, 3.63) is 42.5 Å². The number of hydrogen-bond donors (Lipinski definition) is 1. The number of aryl methyl sites for hydroxylation is 2. The molecule has 1 N–H and O–H groups in total. The molecule has 2 aliphatic heterocycles. The average molecular weight is 391 g/mol. The summed E-state index contributed by atoms with van der Waals surface area (Å²) < 4.78 is 1.93. The van der Waals surface area contributed by atoms with E-state index in [4.69, 9.17) is 0 Å². The lowest BCUT2D eigenvalue weighted by molar-refractivity contribution is -0.117. The molecule has 4 heterocycles. The Bertz CT molecular complexity index is 1050. The van der Waals surface area contributed by atoms with Gasteiger partial charge in [0, 0.05) is 37.9 Å². The van der Waals surface area contributed by atoms with Gasteiger partial charge in [-0.2, -0.15) is 0 Å². The number of amides is 1. The minimum atomic E-state index is 0.0429. The maximum absolute atomic E-state index is 12.6. The van der Waals surface area contributed by atoms with Crippen molar-refractivity contribution in [3.63, 3.8) is 0 Å². The van der Waals surface area contributed by atoms with E-state index >= 15 is 0 Å². The summed E-state index contributed by atoms with van der Waals surface area (Å²) in [6.07, 6.45) is 5.63. The smallest absolute Gasteiger partial charge is 0.238 e. The normalized spacial score (nSPS) is 21.7. The molecule has 29 heavy (non-hydrogen) atoms. The molecule has 2 aromatic heterocycles. The summed E-state index contributed by atoms with van der Waals surface area (Å²) in [6, 6.07) is 8.58. The number of nitrogens with one attached hydrogen (secondary N) is 1. The van der Waals surface area contributed by atoms with Gasteiger partial charge in [0.25, 0.3) is 0 Å². The van der Waals surface area contributed by atoms with Gasteiger partial charge in [0.05, 0.1) is 12.9 Å². The number of anilines is 2. The van der Waals surface area contributed by atoms with E-state index in [0.29, 0.717) is 18.6 Å². The van der Waals surface area contributed by atoms with E-state index in [1.807, 2.05) is 42.8 Å². The number of nitrogens with zero attached hydrogens (tertiary/aromatic N) is 6. The van der Waals surface area contributed by atoms with Crippen LogP contribution in [0.5, 0.6) is 0 Å². The lowest BCUT2D eigenvalue weighted by atomic mass is 10.1. The second kappa shape index (κ2) is 7.11. The lowest BCUT2D eigenvalue weighted by Gasteiger charge is -2.41. The van der Waals surface area contributed by atoms with Crippen LogP contribution in [-0.2, 0) is 11.8 Å². The highest BCUT2D eigenvalue weighted by molar-refractivity contribution is 5.93. The predicted octanol–water partition coefficient (Wildman–Crippen LogP) is 1.96. The third-order valence-electron chi connectivity index (χ3n) is 6.07. The minimum Gasteiger partial charge on any atom is -0.346 e. The molecule has 1 amide bonds. The molecule has 0 radical (unpaired) electrons. The first-order chi connectivity index (χ1) is 14.1. The van der Waals surface area contributed by atoms with E-state index in [9.17, 15) is 4.79 Å². The van der Waals surface area contributed by atoms with Crippen molar-refractivity contribution in [1.82, 2.24) is 24.4 Å². The first-order valence-corrected chi connectivity index (χ1v) is 10.1. The van der Waals surface area contributed by atoms with E-state index < -0.39 is 0 Å². The number of piperazine rings is 1. The number of para-hydroxylation sites is 1. The summed E-state index contributed by atoms with van der Waals surface area (Å²) in [4.78, 5) is 30.7. The Balaban J connectivity index is 1.30. The summed E-state index contributed by atoms with van der Waals surface area (Å²) in [7, 11) is 1.95. The number of imidazole rings is 1. The molecular formula is C21H25N7O. The van der Waals surface area contributed by atoms with Gasteiger partial charge in [-0.25, -0.2) is 15.0 Å². The second-order valence-electron chi connectivity index (χ2n) is 8.07. The summed E-state index contributed by atoms with van der Waals surface area (Å²) in [5.41, 5.74) is 3.68. The number of benzene rings is 1. The SMILES string of the molecule is Cc1ccccc1NC(=O)CN1CC2CCC(C1)N2c1ncnc2c1ncn2C. The van der Waals surface area contributed by atoms with Crippen molar-refractivity contribution in [3.8, 4) is 0 Å². The molecular weight excluding hydrogens is 366 g/mol. The van der Waals surface area contributed by atoms with Gasteiger partial charge in [0.2, 0.25) is 5.91 Å². The highest BCUT2D eigenvalue weighted by Gasteiger charge is 2.42. The minimum absolute atomic E-state index is 0.0429. The number of fused-ring (bicyclic) bond motifs is 3. The van der Waals surface area contributed by atoms with Gasteiger partial charge < -0.3 is 14.8 Å². The number of carbonyl (C=O) groups excluding carboxylic acids is 1. The summed E-state index contributed by atoms with van der Waals surface area (Å²) >= 11 is 0. The van der Waals surface area contributed by atoms with E-state index in [1.165, 1.54) is 0 Å². The van der Waals surface area contributed by atoms with Crippen LogP contribution in [0.1, 0.15) is 18.4 Å². The summed E-state index contributed by atoms with van der Waals surface area (Å²) in [5.74, 6) is 0.966. The van der Waals surface area contributed by atoms with Gasteiger partial charge in [0.15, 0.2) is 17.0 Å². The Morgan fingerprint density at radius 2 is 1.90 bits per heavy atom. The van der Waals surface area contributed by atoms with Crippen LogP contribution in [0.15, 0.2) is 36.9 Å². The standard InChI is InChI=1S/C21H25N7O/c1-14-5-3-4-6-17(14)25-18(29)11-27-9-15-7-8-16(10-27)28(15)21-19-20(22-12-23-21)26(2)13-24-19/h3-6,12-13,15-16H,7-11H2,1-2H3,(H,25,29). The summed E-state index contributed by atoms with van der Waals surface area (Å²) in [5, 5.41) is 3.05. The first kappa shape index (κ1) is 18.1. The Labute approximate surface area is 169 Å². The molecule has 2 unspecified atom stereocenters. The molecule has 5 rings (SSSR count). The van der Waals surface area contributed by atoms with E-state index in [2.05, 4.69) is 30.1 Å². The van der Waals surface area contributed by atoms with Crippen molar-refractivity contribution in [1.29, 1.82) is 0 Å². The zero-order valence-electron chi connectivity index (χ0n) is 16.7.